The summed E-state index contributed by atoms with van der Waals surface area (Å²) in [6.45, 7) is 11.7. The van der Waals surface area contributed by atoms with Crippen molar-refractivity contribution in [3.05, 3.63) is 0 Å². The van der Waals surface area contributed by atoms with Gasteiger partial charge in [0, 0.05) is 25.2 Å². The molecule has 3 heteroatoms. The van der Waals surface area contributed by atoms with Crippen molar-refractivity contribution in [1.82, 2.24) is 9.80 Å². The van der Waals surface area contributed by atoms with Crippen LogP contribution in [0.25, 0.3) is 0 Å². The van der Waals surface area contributed by atoms with Crippen LogP contribution in [0.2, 0.25) is 0 Å². The molecule has 13 heavy (non-hydrogen) atoms. The van der Waals surface area contributed by atoms with Crippen LogP contribution in [0.1, 0.15) is 34.1 Å². The molecule has 0 spiro atoms. The van der Waals surface area contributed by atoms with Crippen LogP contribution in [0, 0.1) is 5.41 Å². The molecule has 0 aliphatic carbocycles. The molecule has 0 unspecified atom stereocenters. The molecule has 0 atom stereocenters. The highest BCUT2D eigenvalue weighted by Crippen LogP contribution is 2.19. The van der Waals surface area contributed by atoms with E-state index in [1.54, 1.807) is 0 Å². The Hall–Kier alpha value is -0.730. The predicted octanol–water partition coefficient (Wildman–Crippen LogP) is 1.75. The fourth-order valence-electron chi connectivity index (χ4n) is 1.74. The molecule has 1 N–H and O–H groups in total. The largest absolute Gasteiger partial charge is 0.341 e. The molecule has 0 aromatic rings. The molecule has 3 nitrogen and oxygen atoms in total. The maximum absolute atomic E-state index is 7.97. The summed E-state index contributed by atoms with van der Waals surface area (Å²) >= 11 is 0. The van der Waals surface area contributed by atoms with Crippen molar-refractivity contribution in [2.45, 2.75) is 39.7 Å². The molecule has 1 saturated heterocycles. The monoisotopic (exact) mass is 183 g/mol. The van der Waals surface area contributed by atoms with Gasteiger partial charge in [0.15, 0.2) is 5.96 Å². The van der Waals surface area contributed by atoms with Gasteiger partial charge in [0.25, 0.3) is 0 Å². The lowest BCUT2D eigenvalue weighted by Crippen LogP contribution is -2.44. The maximum atomic E-state index is 7.97. The van der Waals surface area contributed by atoms with Gasteiger partial charge in [0.1, 0.15) is 0 Å². The molecule has 1 aliphatic heterocycles. The number of hydrogen-bond acceptors (Lipinski definition) is 1. The first-order chi connectivity index (χ1) is 5.96. The molecular formula is C10H21N3. The summed E-state index contributed by atoms with van der Waals surface area (Å²) in [5.74, 6) is 0.703. The third-order valence-electron chi connectivity index (χ3n) is 2.45. The maximum Gasteiger partial charge on any atom is 0.194 e. The van der Waals surface area contributed by atoms with Gasteiger partial charge in [0.2, 0.25) is 0 Å². The molecule has 76 valence electrons. The van der Waals surface area contributed by atoms with E-state index in [-0.39, 0.29) is 5.54 Å². The summed E-state index contributed by atoms with van der Waals surface area (Å²) in [4.78, 5) is 4.33. The summed E-state index contributed by atoms with van der Waals surface area (Å²) < 4.78 is 0. The molecule has 1 aliphatic rings. The quantitative estimate of drug-likeness (QED) is 0.707. The molecule has 0 aromatic carbocycles. The van der Waals surface area contributed by atoms with Gasteiger partial charge in [-0.15, -0.1) is 0 Å². The summed E-state index contributed by atoms with van der Waals surface area (Å²) in [6, 6.07) is 0. The second-order valence-electron chi connectivity index (χ2n) is 4.63. The second-order valence-corrected chi connectivity index (χ2v) is 4.63. The van der Waals surface area contributed by atoms with Crippen molar-refractivity contribution >= 4 is 5.96 Å². The molecule has 1 fully saturated rings. The van der Waals surface area contributed by atoms with E-state index >= 15 is 0 Å². The lowest BCUT2D eigenvalue weighted by Gasteiger charge is -2.33. The van der Waals surface area contributed by atoms with Crippen molar-refractivity contribution < 1.29 is 0 Å². The summed E-state index contributed by atoms with van der Waals surface area (Å²) in [5.41, 5.74) is 0.0968. The van der Waals surface area contributed by atoms with Crippen LogP contribution < -0.4 is 0 Å². The molecule has 1 rings (SSSR count). The van der Waals surface area contributed by atoms with Crippen LogP contribution in [0.15, 0.2) is 0 Å². The minimum Gasteiger partial charge on any atom is -0.341 e. The SMILES string of the molecule is CCCN1CCN(C(C)(C)C)C1=N. The van der Waals surface area contributed by atoms with Gasteiger partial charge in [-0.25, -0.2) is 0 Å². The van der Waals surface area contributed by atoms with Gasteiger partial charge in [-0.3, -0.25) is 5.41 Å². The van der Waals surface area contributed by atoms with Gasteiger partial charge in [-0.2, -0.15) is 0 Å². The third kappa shape index (κ3) is 2.14. The molecular weight excluding hydrogens is 162 g/mol. The summed E-state index contributed by atoms with van der Waals surface area (Å²) in [5, 5.41) is 7.97. The lowest BCUT2D eigenvalue weighted by molar-refractivity contribution is 0.257. The van der Waals surface area contributed by atoms with E-state index in [1.807, 2.05) is 0 Å². The minimum atomic E-state index is 0.0968. The van der Waals surface area contributed by atoms with E-state index in [9.17, 15) is 0 Å². The van der Waals surface area contributed by atoms with E-state index in [2.05, 4.69) is 37.5 Å². The van der Waals surface area contributed by atoms with Crippen LogP contribution in [0.5, 0.6) is 0 Å². The van der Waals surface area contributed by atoms with Gasteiger partial charge in [0.05, 0.1) is 0 Å². The molecule has 0 saturated carbocycles. The first kappa shape index (κ1) is 10.4. The Labute approximate surface area is 81.2 Å². The Kier molecular flexibility index (Phi) is 2.84. The standard InChI is InChI=1S/C10H21N3/c1-5-6-12-7-8-13(9(12)11)10(2,3)4/h11H,5-8H2,1-4H3. The second kappa shape index (κ2) is 3.56. The van der Waals surface area contributed by atoms with Crippen LogP contribution >= 0.6 is 0 Å². The van der Waals surface area contributed by atoms with Crippen LogP contribution in [0.3, 0.4) is 0 Å². The van der Waals surface area contributed by atoms with Crippen molar-refractivity contribution in [2.75, 3.05) is 19.6 Å². The molecule has 0 radical (unpaired) electrons. The summed E-state index contributed by atoms with van der Waals surface area (Å²) in [7, 11) is 0. The smallest absolute Gasteiger partial charge is 0.194 e. The number of hydrogen-bond donors (Lipinski definition) is 1. The highest BCUT2D eigenvalue weighted by Gasteiger charge is 2.31. The van der Waals surface area contributed by atoms with Crippen LogP contribution in [-0.2, 0) is 0 Å². The fraction of sp³-hybridized carbons (Fsp3) is 0.900. The Morgan fingerprint density at radius 2 is 1.92 bits per heavy atom. The van der Waals surface area contributed by atoms with E-state index < -0.39 is 0 Å². The first-order valence-corrected chi connectivity index (χ1v) is 5.08. The van der Waals surface area contributed by atoms with Gasteiger partial charge >= 0.3 is 0 Å². The van der Waals surface area contributed by atoms with Gasteiger partial charge in [-0.05, 0) is 27.2 Å². The lowest BCUT2D eigenvalue weighted by atomic mass is 10.1. The Bertz CT molecular complexity index is 193. The number of nitrogens with zero attached hydrogens (tertiary/aromatic N) is 2. The minimum absolute atomic E-state index is 0.0968. The van der Waals surface area contributed by atoms with E-state index in [1.165, 1.54) is 0 Å². The predicted molar refractivity (Wildman–Crippen MR) is 56.0 cm³/mol. The number of guanidine groups is 1. The van der Waals surface area contributed by atoms with E-state index in [0.717, 1.165) is 26.1 Å². The van der Waals surface area contributed by atoms with E-state index in [0.29, 0.717) is 5.96 Å². The fourth-order valence-corrected chi connectivity index (χ4v) is 1.74. The van der Waals surface area contributed by atoms with Crippen molar-refractivity contribution in [1.29, 1.82) is 5.41 Å². The zero-order valence-corrected chi connectivity index (χ0v) is 9.22. The highest BCUT2D eigenvalue weighted by molar-refractivity contribution is 5.79. The van der Waals surface area contributed by atoms with Crippen molar-refractivity contribution in [3.8, 4) is 0 Å². The Balaban J connectivity index is 2.60. The number of nitrogens with one attached hydrogen (secondary N) is 1. The highest BCUT2D eigenvalue weighted by atomic mass is 15.4. The Morgan fingerprint density at radius 1 is 1.31 bits per heavy atom. The topological polar surface area (TPSA) is 30.3 Å². The van der Waals surface area contributed by atoms with Gasteiger partial charge < -0.3 is 9.80 Å². The molecule has 0 bridgehead atoms. The third-order valence-corrected chi connectivity index (χ3v) is 2.45. The average Bonchev–Trinajstić information content (AvgIpc) is 2.32. The zero-order valence-electron chi connectivity index (χ0n) is 9.22. The number of rotatable bonds is 2. The normalized spacial score (nSPS) is 18.6. The average molecular weight is 183 g/mol. The van der Waals surface area contributed by atoms with Crippen molar-refractivity contribution in [2.24, 2.45) is 0 Å². The zero-order chi connectivity index (χ0) is 10.1. The molecule has 1 heterocycles. The van der Waals surface area contributed by atoms with Crippen LogP contribution in [0.4, 0.5) is 0 Å². The summed E-state index contributed by atoms with van der Waals surface area (Å²) in [6.07, 6.45) is 1.13. The molecule has 0 amide bonds. The van der Waals surface area contributed by atoms with Crippen LogP contribution in [-0.4, -0.2) is 40.9 Å². The Morgan fingerprint density at radius 3 is 2.31 bits per heavy atom. The molecule has 0 aromatic heterocycles. The van der Waals surface area contributed by atoms with E-state index in [4.69, 9.17) is 5.41 Å². The first-order valence-electron chi connectivity index (χ1n) is 5.08. The van der Waals surface area contributed by atoms with Crippen molar-refractivity contribution in [3.63, 3.8) is 0 Å². The van der Waals surface area contributed by atoms with Gasteiger partial charge in [-0.1, -0.05) is 6.92 Å².